The van der Waals surface area contributed by atoms with Crippen molar-refractivity contribution < 1.29 is 22.8 Å². The van der Waals surface area contributed by atoms with E-state index in [4.69, 9.17) is 0 Å². The molecule has 230 valence electrons. The van der Waals surface area contributed by atoms with E-state index in [0.717, 1.165) is 33.8 Å². The van der Waals surface area contributed by atoms with Crippen LogP contribution in [0.4, 0.5) is 35.0 Å². The Morgan fingerprint density at radius 3 is 2.42 bits per heavy atom. The highest BCUT2D eigenvalue weighted by molar-refractivity contribution is 6.10. The number of pyridine rings is 1. The molecule has 3 amide bonds. The summed E-state index contributed by atoms with van der Waals surface area (Å²) in [6, 6.07) is 15.2. The average Bonchev–Trinajstić information content (AvgIpc) is 3.43. The molecule has 3 aromatic carbocycles. The van der Waals surface area contributed by atoms with Gasteiger partial charge in [-0.2, -0.15) is 18.3 Å². The van der Waals surface area contributed by atoms with E-state index >= 15 is 0 Å². The Hall–Kier alpha value is -5.13. The number of H-pyrrole nitrogens is 1. The number of benzene rings is 3. The zero-order valence-electron chi connectivity index (χ0n) is 24.7. The van der Waals surface area contributed by atoms with Gasteiger partial charge in [-0.1, -0.05) is 19.1 Å². The lowest BCUT2D eigenvalue weighted by Gasteiger charge is -2.37. The van der Waals surface area contributed by atoms with Crippen molar-refractivity contribution in [2.24, 2.45) is 0 Å². The van der Waals surface area contributed by atoms with Crippen LogP contribution in [-0.4, -0.2) is 58.2 Å². The Labute approximate surface area is 256 Å². The number of alkyl halides is 3. The molecular weight excluding hydrogens is 583 g/mol. The van der Waals surface area contributed by atoms with Gasteiger partial charge in [0.05, 0.1) is 33.7 Å². The van der Waals surface area contributed by atoms with Gasteiger partial charge in [-0.05, 0) is 60.5 Å². The summed E-state index contributed by atoms with van der Waals surface area (Å²) in [5.41, 5.74) is 4.68. The molecule has 0 spiro atoms. The second-order valence-corrected chi connectivity index (χ2v) is 11.3. The molecule has 2 N–H and O–H groups in total. The maximum atomic E-state index is 14.6. The summed E-state index contributed by atoms with van der Waals surface area (Å²) < 4.78 is 43.8. The predicted octanol–water partition coefficient (Wildman–Crippen LogP) is 6.53. The summed E-state index contributed by atoms with van der Waals surface area (Å²) in [5, 5.41) is 11.7. The lowest BCUT2D eigenvalue weighted by molar-refractivity contribution is -0.137. The van der Waals surface area contributed by atoms with Crippen molar-refractivity contribution in [3.8, 4) is 11.1 Å². The van der Waals surface area contributed by atoms with Gasteiger partial charge in [0.2, 0.25) is 5.91 Å². The minimum atomic E-state index is -4.67. The van der Waals surface area contributed by atoms with E-state index in [0.29, 0.717) is 41.7 Å². The SMILES string of the molecule is CCC(=O)N1CCN(c2ccc(N3C(=O)NCc4cnc5ccc(-c6ccc7[nH]nc(C)c7c6)cc5c43)cc2C(F)(F)F)CC1. The van der Waals surface area contributed by atoms with E-state index < -0.39 is 17.8 Å². The van der Waals surface area contributed by atoms with E-state index in [-0.39, 0.29) is 36.9 Å². The van der Waals surface area contributed by atoms with E-state index in [1.54, 1.807) is 29.0 Å². The highest BCUT2D eigenvalue weighted by Gasteiger charge is 2.38. The molecule has 45 heavy (non-hydrogen) atoms. The first-order valence-corrected chi connectivity index (χ1v) is 14.8. The van der Waals surface area contributed by atoms with Crippen LogP contribution in [0.25, 0.3) is 32.9 Å². The number of aromatic amines is 1. The summed E-state index contributed by atoms with van der Waals surface area (Å²) in [6.07, 6.45) is -2.66. The van der Waals surface area contributed by atoms with Crippen molar-refractivity contribution in [3.63, 3.8) is 0 Å². The molecule has 2 aromatic heterocycles. The number of aryl methyl sites for hydroxylation is 1. The largest absolute Gasteiger partial charge is 0.418 e. The lowest BCUT2D eigenvalue weighted by atomic mass is 9.98. The van der Waals surface area contributed by atoms with Crippen LogP contribution < -0.4 is 15.1 Å². The second-order valence-electron chi connectivity index (χ2n) is 11.3. The summed E-state index contributed by atoms with van der Waals surface area (Å²) in [6.45, 7) is 5.15. The number of urea groups is 1. The maximum Gasteiger partial charge on any atom is 0.418 e. The summed E-state index contributed by atoms with van der Waals surface area (Å²) >= 11 is 0. The number of aromatic nitrogens is 3. The number of nitrogens with zero attached hydrogens (tertiary/aromatic N) is 5. The van der Waals surface area contributed by atoms with E-state index in [1.807, 2.05) is 43.3 Å². The number of halogens is 3. The number of amides is 3. The number of carbonyl (C=O) groups excluding carboxylic acids is 2. The lowest BCUT2D eigenvalue weighted by Crippen LogP contribution is -2.49. The Morgan fingerprint density at radius 1 is 0.956 bits per heavy atom. The van der Waals surface area contributed by atoms with Gasteiger partial charge in [0.25, 0.3) is 0 Å². The van der Waals surface area contributed by atoms with Crippen LogP contribution in [0.15, 0.2) is 60.8 Å². The minimum Gasteiger partial charge on any atom is -0.367 e. The van der Waals surface area contributed by atoms with Crippen molar-refractivity contribution in [2.75, 3.05) is 36.0 Å². The van der Waals surface area contributed by atoms with Crippen molar-refractivity contribution in [1.82, 2.24) is 25.4 Å². The monoisotopic (exact) mass is 613 g/mol. The Balaban J connectivity index is 1.32. The zero-order valence-corrected chi connectivity index (χ0v) is 24.7. The number of rotatable bonds is 4. The molecule has 2 aliphatic rings. The minimum absolute atomic E-state index is 0.0159. The number of fused-ring (bicyclic) bond motifs is 4. The van der Waals surface area contributed by atoms with Gasteiger partial charge in [-0.3, -0.25) is 19.8 Å². The van der Waals surface area contributed by atoms with Crippen LogP contribution in [0.2, 0.25) is 0 Å². The number of anilines is 3. The smallest absolute Gasteiger partial charge is 0.367 e. The fourth-order valence-corrected chi connectivity index (χ4v) is 6.30. The highest BCUT2D eigenvalue weighted by Crippen LogP contribution is 2.43. The molecule has 1 saturated heterocycles. The number of hydrogen-bond acceptors (Lipinski definition) is 5. The third kappa shape index (κ3) is 4.99. The third-order valence-electron chi connectivity index (χ3n) is 8.68. The van der Waals surface area contributed by atoms with Crippen LogP contribution in [0.3, 0.4) is 0 Å². The van der Waals surface area contributed by atoms with Crippen LogP contribution in [0.1, 0.15) is 30.2 Å². The topological polar surface area (TPSA) is 97.5 Å². The van der Waals surface area contributed by atoms with Crippen LogP contribution in [0.5, 0.6) is 0 Å². The van der Waals surface area contributed by atoms with Gasteiger partial charge < -0.3 is 15.1 Å². The number of piperazine rings is 1. The fourth-order valence-electron chi connectivity index (χ4n) is 6.30. The first kappa shape index (κ1) is 28.6. The molecule has 0 bridgehead atoms. The predicted molar refractivity (Wildman–Crippen MR) is 166 cm³/mol. The molecule has 12 heteroatoms. The van der Waals surface area contributed by atoms with E-state index in [2.05, 4.69) is 20.5 Å². The normalized spacial score (nSPS) is 15.5. The molecular formula is C33H30F3N7O2. The summed E-state index contributed by atoms with van der Waals surface area (Å²) in [7, 11) is 0. The van der Waals surface area contributed by atoms with Gasteiger partial charge in [0.1, 0.15) is 0 Å². The quantitative estimate of drug-likeness (QED) is 0.240. The molecule has 0 atom stereocenters. The Morgan fingerprint density at radius 2 is 1.69 bits per heavy atom. The number of nitrogens with one attached hydrogen (secondary N) is 2. The molecule has 9 nitrogen and oxygen atoms in total. The van der Waals surface area contributed by atoms with E-state index in [1.165, 1.54) is 11.0 Å². The maximum absolute atomic E-state index is 14.6. The van der Waals surface area contributed by atoms with Crippen molar-refractivity contribution in [1.29, 1.82) is 0 Å². The standard InChI is InChI=1S/C33H30F3N7O2/c1-3-30(44)42-12-10-41(11-13-42)29-9-6-23(16-26(29)33(34,35)36)43-31-22(18-38-32(43)45)17-37-27-7-4-21(15-25(27)31)20-5-8-28-24(14-20)19(2)39-40-28/h4-9,14-17H,3,10-13,18H2,1-2H3,(H,38,45)(H,39,40). The molecule has 0 radical (unpaired) electrons. The second kappa shape index (κ2) is 10.8. The first-order valence-electron chi connectivity index (χ1n) is 14.8. The Bertz CT molecular complexity index is 1980. The molecule has 7 rings (SSSR count). The zero-order chi connectivity index (χ0) is 31.5. The van der Waals surface area contributed by atoms with E-state index in [9.17, 15) is 22.8 Å². The number of hydrogen-bond donors (Lipinski definition) is 2. The van der Waals surface area contributed by atoms with Crippen LogP contribution >= 0.6 is 0 Å². The molecule has 0 aliphatic carbocycles. The molecule has 2 aliphatic heterocycles. The molecule has 4 heterocycles. The summed E-state index contributed by atoms with van der Waals surface area (Å²) in [5.74, 6) is -0.0159. The van der Waals surface area contributed by atoms with Gasteiger partial charge >= 0.3 is 12.2 Å². The molecule has 1 fully saturated rings. The van der Waals surface area contributed by atoms with Crippen LogP contribution in [-0.2, 0) is 17.5 Å². The summed E-state index contributed by atoms with van der Waals surface area (Å²) in [4.78, 5) is 34.8. The van der Waals surface area contributed by atoms with Crippen molar-refractivity contribution in [2.45, 2.75) is 33.0 Å². The molecule has 0 saturated carbocycles. The first-order chi connectivity index (χ1) is 21.6. The van der Waals surface area contributed by atoms with Gasteiger partial charge in [0, 0.05) is 67.4 Å². The fraction of sp³-hybridized carbons (Fsp3) is 0.273. The Kier molecular flexibility index (Phi) is 6.87. The van der Waals surface area contributed by atoms with Gasteiger partial charge in [0.15, 0.2) is 0 Å². The van der Waals surface area contributed by atoms with Crippen LogP contribution in [0, 0.1) is 6.92 Å². The third-order valence-corrected chi connectivity index (χ3v) is 8.68. The van der Waals surface area contributed by atoms with Gasteiger partial charge in [-0.25, -0.2) is 4.79 Å². The molecule has 0 unspecified atom stereocenters. The van der Waals surface area contributed by atoms with Gasteiger partial charge in [-0.15, -0.1) is 0 Å². The highest BCUT2D eigenvalue weighted by atomic mass is 19.4. The number of carbonyl (C=O) groups is 2. The molecule has 5 aromatic rings. The van der Waals surface area contributed by atoms with Crippen molar-refractivity contribution in [3.05, 3.63) is 77.6 Å². The average molecular weight is 614 g/mol. The van der Waals surface area contributed by atoms with Crippen molar-refractivity contribution >= 4 is 50.8 Å².